The van der Waals surface area contributed by atoms with Crippen LogP contribution in [0.5, 0.6) is 5.75 Å². The van der Waals surface area contributed by atoms with Gasteiger partial charge in [-0.2, -0.15) is 0 Å². The molecule has 2 N–H and O–H groups in total. The standard InChI is InChI=1S/C22H24F2N2O4/c1-22(2,21(25)28)19(15-8-7-14(23)13-17(15)24)30-18-6-4-3-5-16(18)20(27)26-9-11-29-12-10-26/h3-8,13,19H,9-12H2,1-2H3,(H2,25,28). The van der Waals surface area contributed by atoms with E-state index < -0.39 is 29.1 Å². The summed E-state index contributed by atoms with van der Waals surface area (Å²) in [4.78, 5) is 26.8. The van der Waals surface area contributed by atoms with Gasteiger partial charge in [-0.15, -0.1) is 0 Å². The average molecular weight is 418 g/mol. The third kappa shape index (κ3) is 4.43. The molecule has 0 radical (unpaired) electrons. The van der Waals surface area contributed by atoms with Crippen molar-refractivity contribution in [3.63, 3.8) is 0 Å². The zero-order chi connectivity index (χ0) is 21.9. The highest BCUT2D eigenvalue weighted by Gasteiger charge is 2.40. The molecule has 6 nitrogen and oxygen atoms in total. The fraction of sp³-hybridized carbons (Fsp3) is 0.364. The van der Waals surface area contributed by atoms with Crippen molar-refractivity contribution in [1.29, 1.82) is 0 Å². The van der Waals surface area contributed by atoms with Gasteiger partial charge in [0.15, 0.2) is 0 Å². The molecule has 30 heavy (non-hydrogen) atoms. The lowest BCUT2D eigenvalue weighted by Gasteiger charge is -2.33. The van der Waals surface area contributed by atoms with E-state index in [0.29, 0.717) is 32.4 Å². The number of benzene rings is 2. The molecule has 2 aromatic carbocycles. The van der Waals surface area contributed by atoms with Crippen molar-refractivity contribution >= 4 is 11.8 Å². The second-order valence-electron chi connectivity index (χ2n) is 7.65. The molecule has 2 amide bonds. The number of primary amides is 1. The van der Waals surface area contributed by atoms with E-state index in [2.05, 4.69) is 0 Å². The number of carbonyl (C=O) groups is 2. The first-order valence-electron chi connectivity index (χ1n) is 9.59. The van der Waals surface area contributed by atoms with Crippen LogP contribution >= 0.6 is 0 Å². The highest BCUT2D eigenvalue weighted by Crippen LogP contribution is 2.39. The number of rotatable bonds is 6. The minimum absolute atomic E-state index is 0.0335. The summed E-state index contributed by atoms with van der Waals surface area (Å²) in [6, 6.07) is 9.53. The normalized spacial score (nSPS) is 15.5. The van der Waals surface area contributed by atoms with E-state index in [4.69, 9.17) is 15.2 Å². The van der Waals surface area contributed by atoms with E-state index in [1.165, 1.54) is 19.9 Å². The van der Waals surface area contributed by atoms with Gasteiger partial charge in [-0.1, -0.05) is 12.1 Å². The van der Waals surface area contributed by atoms with Crippen LogP contribution in [0.2, 0.25) is 0 Å². The second-order valence-corrected chi connectivity index (χ2v) is 7.65. The van der Waals surface area contributed by atoms with Gasteiger partial charge < -0.3 is 20.1 Å². The summed E-state index contributed by atoms with van der Waals surface area (Å²) in [6.07, 6.45) is -1.19. The lowest BCUT2D eigenvalue weighted by atomic mass is 9.81. The number of halogens is 2. The molecule has 1 aliphatic heterocycles. The topological polar surface area (TPSA) is 81.9 Å². The summed E-state index contributed by atoms with van der Waals surface area (Å²) in [7, 11) is 0. The van der Waals surface area contributed by atoms with E-state index in [-0.39, 0.29) is 22.8 Å². The molecule has 3 rings (SSSR count). The van der Waals surface area contributed by atoms with E-state index in [0.717, 1.165) is 6.07 Å². The Labute approximate surface area is 173 Å². The number of ether oxygens (including phenoxy) is 2. The van der Waals surface area contributed by atoms with Gasteiger partial charge in [0.05, 0.1) is 24.2 Å². The van der Waals surface area contributed by atoms with Crippen molar-refractivity contribution in [1.82, 2.24) is 4.90 Å². The number of hydrogen-bond donors (Lipinski definition) is 1. The van der Waals surface area contributed by atoms with Crippen molar-refractivity contribution in [2.75, 3.05) is 26.3 Å². The van der Waals surface area contributed by atoms with Crippen molar-refractivity contribution in [2.45, 2.75) is 20.0 Å². The van der Waals surface area contributed by atoms with Gasteiger partial charge >= 0.3 is 0 Å². The maximum atomic E-state index is 14.6. The van der Waals surface area contributed by atoms with E-state index >= 15 is 0 Å². The Morgan fingerprint density at radius 3 is 2.43 bits per heavy atom. The third-order valence-electron chi connectivity index (χ3n) is 5.20. The Bertz CT molecular complexity index is 942. The predicted octanol–water partition coefficient (Wildman–Crippen LogP) is 3.07. The maximum absolute atomic E-state index is 14.6. The van der Waals surface area contributed by atoms with Crippen molar-refractivity contribution < 1.29 is 27.8 Å². The van der Waals surface area contributed by atoms with Gasteiger partial charge in [0.2, 0.25) is 5.91 Å². The van der Waals surface area contributed by atoms with Crippen LogP contribution in [0.3, 0.4) is 0 Å². The lowest BCUT2D eigenvalue weighted by Crippen LogP contribution is -2.41. The molecular formula is C22H24F2N2O4. The highest BCUT2D eigenvalue weighted by atomic mass is 19.1. The van der Waals surface area contributed by atoms with Crippen LogP contribution in [0.4, 0.5) is 8.78 Å². The summed E-state index contributed by atoms with van der Waals surface area (Å²) >= 11 is 0. The molecule has 1 fully saturated rings. The smallest absolute Gasteiger partial charge is 0.257 e. The number of morpholine rings is 1. The number of para-hydroxylation sites is 1. The maximum Gasteiger partial charge on any atom is 0.257 e. The fourth-order valence-corrected chi connectivity index (χ4v) is 3.25. The van der Waals surface area contributed by atoms with Crippen LogP contribution < -0.4 is 10.5 Å². The average Bonchev–Trinajstić information content (AvgIpc) is 2.73. The number of amides is 2. The first-order valence-corrected chi connectivity index (χ1v) is 9.59. The predicted molar refractivity (Wildman–Crippen MR) is 106 cm³/mol. The fourth-order valence-electron chi connectivity index (χ4n) is 3.25. The van der Waals surface area contributed by atoms with Crippen LogP contribution in [0.25, 0.3) is 0 Å². The molecular weight excluding hydrogens is 394 g/mol. The summed E-state index contributed by atoms with van der Waals surface area (Å²) in [5, 5.41) is 0. The van der Waals surface area contributed by atoms with Crippen LogP contribution in [-0.2, 0) is 9.53 Å². The SMILES string of the molecule is CC(C)(C(N)=O)C(Oc1ccccc1C(=O)N1CCOCC1)c1ccc(F)cc1F. The van der Waals surface area contributed by atoms with E-state index in [1.54, 1.807) is 29.2 Å². The molecule has 0 aromatic heterocycles. The molecule has 160 valence electrons. The minimum Gasteiger partial charge on any atom is -0.484 e. The van der Waals surface area contributed by atoms with Crippen molar-refractivity contribution in [3.8, 4) is 5.75 Å². The van der Waals surface area contributed by atoms with Gasteiger partial charge in [-0.25, -0.2) is 8.78 Å². The Balaban J connectivity index is 2.01. The molecule has 1 unspecified atom stereocenters. The number of carbonyl (C=O) groups excluding carboxylic acids is 2. The highest BCUT2D eigenvalue weighted by molar-refractivity contribution is 5.97. The lowest BCUT2D eigenvalue weighted by molar-refractivity contribution is -0.131. The minimum atomic E-state index is -1.35. The third-order valence-corrected chi connectivity index (χ3v) is 5.20. The quantitative estimate of drug-likeness (QED) is 0.782. The number of nitrogens with two attached hydrogens (primary N) is 1. The molecule has 0 aliphatic carbocycles. The molecule has 1 aliphatic rings. The van der Waals surface area contributed by atoms with Crippen LogP contribution in [0.15, 0.2) is 42.5 Å². The first kappa shape index (κ1) is 21.7. The van der Waals surface area contributed by atoms with Gasteiger partial charge in [0.1, 0.15) is 23.5 Å². The van der Waals surface area contributed by atoms with Gasteiger partial charge in [-0.05, 0) is 38.1 Å². The van der Waals surface area contributed by atoms with Crippen molar-refractivity contribution in [3.05, 3.63) is 65.2 Å². The van der Waals surface area contributed by atoms with Crippen LogP contribution in [0, 0.1) is 17.0 Å². The Hall–Kier alpha value is -3.00. The zero-order valence-electron chi connectivity index (χ0n) is 16.9. The summed E-state index contributed by atoms with van der Waals surface area (Å²) < 4.78 is 39.4. The molecule has 0 bridgehead atoms. The van der Waals surface area contributed by atoms with Crippen molar-refractivity contribution in [2.24, 2.45) is 11.1 Å². The molecule has 1 saturated heterocycles. The Morgan fingerprint density at radius 2 is 1.80 bits per heavy atom. The van der Waals surface area contributed by atoms with Gasteiger partial charge in [0.25, 0.3) is 5.91 Å². The Morgan fingerprint density at radius 1 is 1.13 bits per heavy atom. The summed E-state index contributed by atoms with van der Waals surface area (Å²) in [5.41, 5.74) is 4.44. The molecule has 1 atom stereocenters. The van der Waals surface area contributed by atoms with E-state index in [1.807, 2.05) is 0 Å². The molecule has 8 heteroatoms. The summed E-state index contributed by atoms with van der Waals surface area (Å²) in [6.45, 7) is 4.77. The summed E-state index contributed by atoms with van der Waals surface area (Å²) in [5.74, 6) is -2.43. The number of hydrogen-bond acceptors (Lipinski definition) is 4. The zero-order valence-corrected chi connectivity index (χ0v) is 16.9. The molecule has 1 heterocycles. The van der Waals surface area contributed by atoms with Crippen LogP contribution in [0.1, 0.15) is 35.9 Å². The van der Waals surface area contributed by atoms with Gasteiger partial charge in [-0.3, -0.25) is 9.59 Å². The van der Waals surface area contributed by atoms with E-state index in [9.17, 15) is 18.4 Å². The monoisotopic (exact) mass is 418 g/mol. The second kappa shape index (κ2) is 8.79. The molecule has 2 aromatic rings. The Kier molecular flexibility index (Phi) is 6.36. The largest absolute Gasteiger partial charge is 0.484 e. The number of nitrogens with zero attached hydrogens (tertiary/aromatic N) is 1. The molecule has 0 spiro atoms. The van der Waals surface area contributed by atoms with Crippen LogP contribution in [-0.4, -0.2) is 43.0 Å². The van der Waals surface area contributed by atoms with Gasteiger partial charge in [0, 0.05) is 24.7 Å². The molecule has 0 saturated carbocycles. The first-order chi connectivity index (χ1) is 14.2.